The molecular weight excluding hydrogens is 216 g/mol. The average molecular weight is 234 g/mol. The van der Waals surface area contributed by atoms with Crippen LogP contribution in [0.25, 0.3) is 0 Å². The van der Waals surface area contributed by atoms with Gasteiger partial charge in [-0.05, 0) is 32.8 Å². The smallest absolute Gasteiger partial charge is 0.316 e. The number of rotatable bonds is 5. The predicted octanol–water partition coefficient (Wildman–Crippen LogP) is 2.31. The van der Waals surface area contributed by atoms with E-state index in [0.717, 1.165) is 11.1 Å². The standard InChI is InChI=1S/C14H18O3/c1-4-17-14(16)13(11(3)15)9-12-7-5-6-10(2)8-12/h5-8,13H,4,9H2,1-3H3/t13-/m1/s1. The first kappa shape index (κ1) is 13.4. The summed E-state index contributed by atoms with van der Waals surface area (Å²) >= 11 is 0. The number of ketones is 1. The van der Waals surface area contributed by atoms with Crippen molar-refractivity contribution in [3.63, 3.8) is 0 Å². The lowest BCUT2D eigenvalue weighted by Gasteiger charge is -2.12. The summed E-state index contributed by atoms with van der Waals surface area (Å²) in [5, 5.41) is 0. The van der Waals surface area contributed by atoms with Gasteiger partial charge in [-0.2, -0.15) is 0 Å². The molecule has 3 heteroatoms. The van der Waals surface area contributed by atoms with Gasteiger partial charge in [-0.3, -0.25) is 9.59 Å². The monoisotopic (exact) mass is 234 g/mol. The molecular formula is C14H18O3. The maximum absolute atomic E-state index is 11.6. The van der Waals surface area contributed by atoms with Crippen molar-refractivity contribution in [1.29, 1.82) is 0 Å². The van der Waals surface area contributed by atoms with E-state index in [1.165, 1.54) is 6.92 Å². The Morgan fingerprint density at radius 2 is 2.06 bits per heavy atom. The first-order valence-electron chi connectivity index (χ1n) is 5.77. The van der Waals surface area contributed by atoms with Gasteiger partial charge in [0, 0.05) is 0 Å². The van der Waals surface area contributed by atoms with Gasteiger partial charge in [0.15, 0.2) is 0 Å². The highest BCUT2D eigenvalue weighted by atomic mass is 16.5. The highest BCUT2D eigenvalue weighted by Crippen LogP contribution is 2.13. The van der Waals surface area contributed by atoms with Crippen LogP contribution in [0.4, 0.5) is 0 Å². The van der Waals surface area contributed by atoms with E-state index in [2.05, 4.69) is 0 Å². The Hall–Kier alpha value is -1.64. The number of Topliss-reactive ketones (excluding diaryl/α,β-unsaturated/α-hetero) is 1. The predicted molar refractivity (Wildman–Crippen MR) is 65.7 cm³/mol. The Labute approximate surface area is 102 Å². The van der Waals surface area contributed by atoms with E-state index in [0.29, 0.717) is 13.0 Å². The van der Waals surface area contributed by atoms with E-state index in [4.69, 9.17) is 4.74 Å². The lowest BCUT2D eigenvalue weighted by atomic mass is 9.95. The quantitative estimate of drug-likeness (QED) is 0.580. The van der Waals surface area contributed by atoms with Crippen molar-refractivity contribution in [2.45, 2.75) is 27.2 Å². The molecule has 0 N–H and O–H groups in total. The normalized spacial score (nSPS) is 11.9. The van der Waals surface area contributed by atoms with Crippen LogP contribution >= 0.6 is 0 Å². The van der Waals surface area contributed by atoms with Crippen LogP contribution in [0.5, 0.6) is 0 Å². The molecule has 3 nitrogen and oxygen atoms in total. The summed E-state index contributed by atoms with van der Waals surface area (Å²) in [6.07, 6.45) is 0.413. The fraction of sp³-hybridized carbons (Fsp3) is 0.429. The number of carbonyl (C=O) groups is 2. The molecule has 0 aliphatic carbocycles. The number of carbonyl (C=O) groups excluding carboxylic acids is 2. The fourth-order valence-corrected chi connectivity index (χ4v) is 1.71. The van der Waals surface area contributed by atoms with Gasteiger partial charge in [0.25, 0.3) is 0 Å². The molecule has 0 spiro atoms. The summed E-state index contributed by atoms with van der Waals surface area (Å²) in [7, 11) is 0. The van der Waals surface area contributed by atoms with Gasteiger partial charge in [0.05, 0.1) is 6.61 Å². The van der Waals surface area contributed by atoms with Crippen molar-refractivity contribution in [1.82, 2.24) is 0 Å². The largest absolute Gasteiger partial charge is 0.465 e. The summed E-state index contributed by atoms with van der Waals surface area (Å²) in [6.45, 7) is 5.45. The summed E-state index contributed by atoms with van der Waals surface area (Å²) in [5.41, 5.74) is 2.10. The van der Waals surface area contributed by atoms with Crippen molar-refractivity contribution < 1.29 is 14.3 Å². The minimum atomic E-state index is -0.684. The molecule has 0 aliphatic heterocycles. The lowest BCUT2D eigenvalue weighted by Crippen LogP contribution is -2.26. The molecule has 0 aliphatic rings. The molecule has 0 bridgehead atoms. The fourth-order valence-electron chi connectivity index (χ4n) is 1.71. The molecule has 0 amide bonds. The van der Waals surface area contributed by atoms with E-state index >= 15 is 0 Å². The van der Waals surface area contributed by atoms with Gasteiger partial charge >= 0.3 is 5.97 Å². The zero-order valence-corrected chi connectivity index (χ0v) is 10.5. The van der Waals surface area contributed by atoms with Gasteiger partial charge in [-0.15, -0.1) is 0 Å². The Kier molecular flexibility index (Phi) is 4.88. The number of benzene rings is 1. The van der Waals surface area contributed by atoms with Gasteiger partial charge < -0.3 is 4.74 Å². The summed E-state index contributed by atoms with van der Waals surface area (Å²) in [5.74, 6) is -1.26. The Morgan fingerprint density at radius 1 is 1.35 bits per heavy atom. The first-order chi connectivity index (χ1) is 8.04. The maximum Gasteiger partial charge on any atom is 0.316 e. The molecule has 92 valence electrons. The van der Waals surface area contributed by atoms with Crippen LogP contribution in [0.3, 0.4) is 0 Å². The van der Waals surface area contributed by atoms with E-state index in [9.17, 15) is 9.59 Å². The van der Waals surface area contributed by atoms with Crippen molar-refractivity contribution >= 4 is 11.8 Å². The maximum atomic E-state index is 11.6. The van der Waals surface area contributed by atoms with Crippen LogP contribution < -0.4 is 0 Å². The molecule has 0 unspecified atom stereocenters. The Morgan fingerprint density at radius 3 is 2.59 bits per heavy atom. The van der Waals surface area contributed by atoms with Gasteiger partial charge in [0.2, 0.25) is 0 Å². The van der Waals surface area contributed by atoms with Crippen LogP contribution in [-0.4, -0.2) is 18.4 Å². The molecule has 1 aromatic carbocycles. The van der Waals surface area contributed by atoms with E-state index < -0.39 is 11.9 Å². The molecule has 0 heterocycles. The van der Waals surface area contributed by atoms with Gasteiger partial charge in [-0.25, -0.2) is 0 Å². The minimum Gasteiger partial charge on any atom is -0.465 e. The SMILES string of the molecule is CCOC(=O)[C@H](Cc1cccc(C)c1)C(C)=O. The Balaban J connectivity index is 2.80. The van der Waals surface area contributed by atoms with E-state index in [1.807, 2.05) is 31.2 Å². The Bertz CT molecular complexity index is 410. The van der Waals surface area contributed by atoms with Crippen molar-refractivity contribution in [2.75, 3.05) is 6.61 Å². The average Bonchev–Trinajstić information content (AvgIpc) is 2.26. The molecule has 0 saturated heterocycles. The van der Waals surface area contributed by atoms with Crippen LogP contribution in [-0.2, 0) is 20.7 Å². The highest BCUT2D eigenvalue weighted by molar-refractivity contribution is 5.98. The molecule has 1 rings (SSSR count). The topological polar surface area (TPSA) is 43.4 Å². The second-order valence-corrected chi connectivity index (χ2v) is 4.11. The van der Waals surface area contributed by atoms with Gasteiger partial charge in [0.1, 0.15) is 11.7 Å². The number of esters is 1. The third kappa shape index (κ3) is 4.02. The van der Waals surface area contributed by atoms with Crippen LogP contribution in [0.1, 0.15) is 25.0 Å². The van der Waals surface area contributed by atoms with Crippen LogP contribution in [0.15, 0.2) is 24.3 Å². The highest BCUT2D eigenvalue weighted by Gasteiger charge is 2.24. The third-order valence-electron chi connectivity index (χ3n) is 2.58. The van der Waals surface area contributed by atoms with Crippen molar-refractivity contribution in [3.05, 3.63) is 35.4 Å². The van der Waals surface area contributed by atoms with Gasteiger partial charge in [-0.1, -0.05) is 29.8 Å². The molecule has 1 aromatic rings. The molecule has 17 heavy (non-hydrogen) atoms. The number of ether oxygens (including phenoxy) is 1. The molecule has 0 saturated carbocycles. The van der Waals surface area contributed by atoms with Crippen LogP contribution in [0, 0.1) is 12.8 Å². The second-order valence-electron chi connectivity index (χ2n) is 4.11. The first-order valence-corrected chi connectivity index (χ1v) is 5.77. The zero-order chi connectivity index (χ0) is 12.8. The number of hydrogen-bond acceptors (Lipinski definition) is 3. The summed E-state index contributed by atoms with van der Waals surface area (Å²) in [6, 6.07) is 7.81. The second kappa shape index (κ2) is 6.18. The number of hydrogen-bond donors (Lipinski definition) is 0. The molecule has 0 fully saturated rings. The van der Waals surface area contributed by atoms with Crippen molar-refractivity contribution in [3.8, 4) is 0 Å². The lowest BCUT2D eigenvalue weighted by molar-refractivity contribution is -0.151. The minimum absolute atomic E-state index is 0.148. The molecule has 0 radical (unpaired) electrons. The molecule has 1 atom stereocenters. The molecule has 0 aromatic heterocycles. The summed E-state index contributed by atoms with van der Waals surface area (Å²) in [4.78, 5) is 23.1. The zero-order valence-electron chi connectivity index (χ0n) is 10.5. The van der Waals surface area contributed by atoms with Crippen molar-refractivity contribution in [2.24, 2.45) is 5.92 Å². The van der Waals surface area contributed by atoms with E-state index in [-0.39, 0.29) is 5.78 Å². The number of aryl methyl sites for hydroxylation is 1. The summed E-state index contributed by atoms with van der Waals surface area (Å²) < 4.78 is 4.91. The van der Waals surface area contributed by atoms with E-state index in [1.54, 1.807) is 6.92 Å². The van der Waals surface area contributed by atoms with Crippen LogP contribution in [0.2, 0.25) is 0 Å². The third-order valence-corrected chi connectivity index (χ3v) is 2.58.